The van der Waals surface area contributed by atoms with Crippen molar-refractivity contribution in [3.05, 3.63) is 58.7 Å². The summed E-state index contributed by atoms with van der Waals surface area (Å²) in [6, 6.07) is 11.1. The Morgan fingerprint density at radius 2 is 1.86 bits per heavy atom. The SMILES string of the molecule is CCOC(=O)C1CCCCN1CC(=O)N1N=C(c2ccc(C)cc2C)CC1c1cc(OC)ccc1OC. The fourth-order valence-electron chi connectivity index (χ4n) is 5.31. The molecule has 0 spiro atoms. The van der Waals surface area contributed by atoms with Gasteiger partial charge in [0, 0.05) is 17.5 Å². The Hall–Kier alpha value is -3.39. The normalized spacial score (nSPS) is 19.9. The predicted molar refractivity (Wildman–Crippen MR) is 142 cm³/mol. The maximum absolute atomic E-state index is 13.8. The number of piperidine rings is 1. The van der Waals surface area contributed by atoms with Gasteiger partial charge in [0.15, 0.2) is 0 Å². The summed E-state index contributed by atoms with van der Waals surface area (Å²) in [5.41, 5.74) is 4.99. The van der Waals surface area contributed by atoms with Gasteiger partial charge >= 0.3 is 5.97 Å². The zero-order valence-electron chi connectivity index (χ0n) is 22.5. The van der Waals surface area contributed by atoms with Crippen molar-refractivity contribution in [1.29, 1.82) is 0 Å². The van der Waals surface area contributed by atoms with E-state index in [0.717, 1.165) is 35.2 Å². The molecule has 2 aromatic carbocycles. The van der Waals surface area contributed by atoms with E-state index in [1.54, 1.807) is 26.2 Å². The van der Waals surface area contributed by atoms with Crippen LogP contribution in [-0.4, -0.2) is 67.5 Å². The maximum Gasteiger partial charge on any atom is 0.323 e. The molecule has 2 atom stereocenters. The fraction of sp³-hybridized carbons (Fsp3) is 0.483. The summed E-state index contributed by atoms with van der Waals surface area (Å²) in [7, 11) is 3.24. The van der Waals surface area contributed by atoms with Gasteiger partial charge in [-0.15, -0.1) is 0 Å². The highest BCUT2D eigenvalue weighted by Gasteiger charge is 2.38. The summed E-state index contributed by atoms with van der Waals surface area (Å²) in [6.07, 6.45) is 3.11. The molecule has 2 aliphatic rings. The lowest BCUT2D eigenvalue weighted by Crippen LogP contribution is -2.49. The molecule has 2 aromatic rings. The van der Waals surface area contributed by atoms with Crippen LogP contribution < -0.4 is 9.47 Å². The number of methoxy groups -OCH3 is 2. The molecule has 0 saturated carbocycles. The molecule has 198 valence electrons. The van der Waals surface area contributed by atoms with Crippen LogP contribution in [0.1, 0.15) is 60.9 Å². The number of hydrazone groups is 1. The van der Waals surface area contributed by atoms with Crippen molar-refractivity contribution in [2.45, 2.75) is 58.5 Å². The second-order valence-corrected chi connectivity index (χ2v) is 9.67. The lowest BCUT2D eigenvalue weighted by molar-refractivity contribution is -0.152. The highest BCUT2D eigenvalue weighted by atomic mass is 16.5. The number of benzene rings is 2. The molecule has 37 heavy (non-hydrogen) atoms. The average Bonchev–Trinajstić information content (AvgIpc) is 3.34. The van der Waals surface area contributed by atoms with Gasteiger partial charge in [-0.05, 0) is 63.9 Å². The second kappa shape index (κ2) is 11.8. The molecular weight excluding hydrogens is 470 g/mol. The number of carbonyl (C=O) groups excluding carboxylic acids is 2. The number of carbonyl (C=O) groups is 2. The number of amides is 1. The third kappa shape index (κ3) is 5.80. The summed E-state index contributed by atoms with van der Waals surface area (Å²) >= 11 is 0. The number of hydrogen-bond acceptors (Lipinski definition) is 7. The average molecular weight is 508 g/mol. The second-order valence-electron chi connectivity index (χ2n) is 9.67. The molecule has 2 heterocycles. The summed E-state index contributed by atoms with van der Waals surface area (Å²) in [6.45, 7) is 7.01. The third-order valence-electron chi connectivity index (χ3n) is 7.17. The Morgan fingerprint density at radius 1 is 1.05 bits per heavy atom. The van der Waals surface area contributed by atoms with Crippen molar-refractivity contribution in [2.75, 3.05) is 33.9 Å². The van der Waals surface area contributed by atoms with Crippen LogP contribution in [0.3, 0.4) is 0 Å². The quantitative estimate of drug-likeness (QED) is 0.492. The highest BCUT2D eigenvalue weighted by Crippen LogP contribution is 2.40. The Bertz CT molecular complexity index is 1180. The van der Waals surface area contributed by atoms with Crippen molar-refractivity contribution >= 4 is 17.6 Å². The van der Waals surface area contributed by atoms with Crippen LogP contribution in [0, 0.1) is 13.8 Å². The Kier molecular flexibility index (Phi) is 8.48. The van der Waals surface area contributed by atoms with Gasteiger partial charge in [0.05, 0.1) is 39.1 Å². The van der Waals surface area contributed by atoms with Gasteiger partial charge in [-0.2, -0.15) is 5.10 Å². The molecule has 0 aromatic heterocycles. The smallest absolute Gasteiger partial charge is 0.323 e. The van der Waals surface area contributed by atoms with E-state index in [0.29, 0.717) is 37.5 Å². The Balaban J connectivity index is 1.69. The number of hydrogen-bond donors (Lipinski definition) is 0. The van der Waals surface area contributed by atoms with Crippen molar-refractivity contribution in [3.8, 4) is 11.5 Å². The summed E-state index contributed by atoms with van der Waals surface area (Å²) < 4.78 is 16.5. The number of nitrogens with zero attached hydrogens (tertiary/aromatic N) is 3. The largest absolute Gasteiger partial charge is 0.497 e. The molecule has 0 N–H and O–H groups in total. The van der Waals surface area contributed by atoms with Crippen LogP contribution in [0.4, 0.5) is 0 Å². The first-order valence-electron chi connectivity index (χ1n) is 13.0. The maximum atomic E-state index is 13.8. The fourth-order valence-corrected chi connectivity index (χ4v) is 5.31. The molecule has 0 bridgehead atoms. The van der Waals surface area contributed by atoms with Crippen LogP contribution in [-0.2, 0) is 14.3 Å². The van der Waals surface area contributed by atoms with Gasteiger partial charge in [-0.1, -0.05) is 30.2 Å². The van der Waals surface area contributed by atoms with Gasteiger partial charge in [0.2, 0.25) is 0 Å². The molecule has 8 heteroatoms. The molecular formula is C29H37N3O5. The highest BCUT2D eigenvalue weighted by molar-refractivity contribution is 6.04. The molecule has 2 aliphatic heterocycles. The van der Waals surface area contributed by atoms with E-state index in [9.17, 15) is 9.59 Å². The number of aryl methyl sites for hydroxylation is 2. The zero-order chi connectivity index (χ0) is 26.5. The molecule has 1 fully saturated rings. The van der Waals surface area contributed by atoms with E-state index in [4.69, 9.17) is 19.3 Å². The molecule has 8 nitrogen and oxygen atoms in total. The molecule has 1 saturated heterocycles. The Labute approximate surface area is 219 Å². The van der Waals surface area contributed by atoms with E-state index in [1.165, 1.54) is 5.56 Å². The van der Waals surface area contributed by atoms with Crippen molar-refractivity contribution in [1.82, 2.24) is 9.91 Å². The summed E-state index contributed by atoms with van der Waals surface area (Å²) in [5.74, 6) is 0.928. The minimum absolute atomic E-state index is 0.0932. The van der Waals surface area contributed by atoms with Crippen LogP contribution in [0.25, 0.3) is 0 Å². The minimum Gasteiger partial charge on any atom is -0.497 e. The lowest BCUT2D eigenvalue weighted by atomic mass is 9.94. The van der Waals surface area contributed by atoms with E-state index < -0.39 is 6.04 Å². The van der Waals surface area contributed by atoms with Gasteiger partial charge in [0.25, 0.3) is 5.91 Å². The van der Waals surface area contributed by atoms with Crippen LogP contribution in [0.5, 0.6) is 11.5 Å². The minimum atomic E-state index is -0.409. The van der Waals surface area contributed by atoms with E-state index in [2.05, 4.69) is 32.0 Å². The monoisotopic (exact) mass is 507 g/mol. The topological polar surface area (TPSA) is 80.7 Å². The number of ether oxygens (including phenoxy) is 3. The van der Waals surface area contributed by atoms with Crippen LogP contribution in [0.2, 0.25) is 0 Å². The first kappa shape index (κ1) is 26.7. The first-order valence-corrected chi connectivity index (χ1v) is 13.0. The Morgan fingerprint density at radius 3 is 2.57 bits per heavy atom. The van der Waals surface area contributed by atoms with Crippen LogP contribution in [0.15, 0.2) is 41.5 Å². The van der Waals surface area contributed by atoms with Gasteiger partial charge in [-0.3, -0.25) is 14.5 Å². The number of rotatable bonds is 8. The molecule has 1 amide bonds. The predicted octanol–water partition coefficient (Wildman–Crippen LogP) is 4.42. The number of esters is 1. The summed E-state index contributed by atoms with van der Waals surface area (Å²) in [5, 5.41) is 6.44. The van der Waals surface area contributed by atoms with Crippen molar-refractivity contribution < 1.29 is 23.8 Å². The standard InChI is InChI=1S/C29H37N3O5/c1-6-37-29(34)25-9-7-8-14-31(25)18-28(33)32-26(23-16-21(35-4)11-13-27(23)36-5)17-24(30-32)22-12-10-19(2)15-20(22)3/h10-13,15-16,25-26H,6-9,14,17-18H2,1-5H3. The lowest BCUT2D eigenvalue weighted by Gasteiger charge is -2.34. The van der Waals surface area contributed by atoms with Gasteiger partial charge < -0.3 is 14.2 Å². The third-order valence-corrected chi connectivity index (χ3v) is 7.17. The summed E-state index contributed by atoms with van der Waals surface area (Å²) in [4.78, 5) is 28.4. The van der Waals surface area contributed by atoms with Crippen molar-refractivity contribution in [2.24, 2.45) is 5.10 Å². The van der Waals surface area contributed by atoms with Crippen LogP contribution >= 0.6 is 0 Å². The van der Waals surface area contributed by atoms with E-state index >= 15 is 0 Å². The molecule has 0 radical (unpaired) electrons. The first-order chi connectivity index (χ1) is 17.9. The molecule has 0 aliphatic carbocycles. The van der Waals surface area contributed by atoms with E-state index in [1.807, 2.05) is 23.1 Å². The molecule has 2 unspecified atom stereocenters. The van der Waals surface area contributed by atoms with Crippen molar-refractivity contribution in [3.63, 3.8) is 0 Å². The number of likely N-dealkylation sites (tertiary alicyclic amines) is 1. The zero-order valence-corrected chi connectivity index (χ0v) is 22.5. The van der Waals surface area contributed by atoms with E-state index in [-0.39, 0.29) is 24.5 Å². The van der Waals surface area contributed by atoms with Gasteiger partial charge in [-0.25, -0.2) is 5.01 Å². The molecule has 4 rings (SSSR count). The van der Waals surface area contributed by atoms with Gasteiger partial charge in [0.1, 0.15) is 17.5 Å².